The topological polar surface area (TPSA) is 76.9 Å². The van der Waals surface area contributed by atoms with Crippen LogP contribution in [0.4, 0.5) is 19.1 Å². The lowest BCUT2D eigenvalue weighted by atomic mass is 10.3. The number of nitrogens with zero attached hydrogens (tertiary/aromatic N) is 5. The summed E-state index contributed by atoms with van der Waals surface area (Å²) in [5, 5.41) is 12.1. The van der Waals surface area contributed by atoms with E-state index in [2.05, 4.69) is 20.3 Å². The molecule has 134 valence electrons. The maximum atomic E-state index is 12.4. The minimum Gasteiger partial charge on any atom is -0.382 e. The van der Waals surface area contributed by atoms with Crippen molar-refractivity contribution < 1.29 is 18.3 Å². The van der Waals surface area contributed by atoms with Crippen LogP contribution in [0.2, 0.25) is 0 Å². The molecule has 0 spiro atoms. The number of aromatic nitrogens is 2. The van der Waals surface area contributed by atoms with Crippen molar-refractivity contribution in [2.24, 2.45) is 4.99 Å². The number of aliphatic hydroxyl groups excluding tert-OH is 1. The monoisotopic (exact) mass is 346 g/mol. The summed E-state index contributed by atoms with van der Waals surface area (Å²) in [5.74, 6) is 1.00. The van der Waals surface area contributed by atoms with Gasteiger partial charge in [-0.25, -0.2) is 9.97 Å². The number of hydrogen-bond acceptors (Lipinski definition) is 5. The number of guanidine groups is 1. The second kappa shape index (κ2) is 8.13. The van der Waals surface area contributed by atoms with Gasteiger partial charge in [-0.05, 0) is 13.0 Å². The number of rotatable bonds is 4. The molecule has 0 aromatic carbocycles. The van der Waals surface area contributed by atoms with Crippen LogP contribution in [0.1, 0.15) is 6.92 Å². The fourth-order valence-electron chi connectivity index (χ4n) is 2.28. The molecule has 1 aliphatic rings. The lowest BCUT2D eigenvalue weighted by Gasteiger charge is -2.36. The van der Waals surface area contributed by atoms with Crippen LogP contribution < -0.4 is 10.2 Å². The molecule has 24 heavy (non-hydrogen) atoms. The quantitative estimate of drug-likeness (QED) is 0.610. The molecule has 2 N–H and O–H groups in total. The maximum absolute atomic E-state index is 12.4. The van der Waals surface area contributed by atoms with Gasteiger partial charge in [-0.2, -0.15) is 13.2 Å². The van der Waals surface area contributed by atoms with Crippen LogP contribution in [0.5, 0.6) is 0 Å². The Morgan fingerprint density at radius 2 is 1.92 bits per heavy atom. The summed E-state index contributed by atoms with van der Waals surface area (Å²) in [4.78, 5) is 16.2. The first-order valence-electron chi connectivity index (χ1n) is 7.71. The Hall–Kier alpha value is -2.10. The van der Waals surface area contributed by atoms with E-state index in [1.54, 1.807) is 18.5 Å². The molecule has 0 bridgehead atoms. The predicted molar refractivity (Wildman–Crippen MR) is 83.9 cm³/mol. The lowest BCUT2D eigenvalue weighted by Crippen LogP contribution is -2.53. The Kier molecular flexibility index (Phi) is 6.18. The van der Waals surface area contributed by atoms with E-state index in [0.717, 1.165) is 0 Å². The van der Waals surface area contributed by atoms with Gasteiger partial charge in [-0.1, -0.05) is 0 Å². The van der Waals surface area contributed by atoms with Crippen molar-refractivity contribution in [2.45, 2.75) is 19.2 Å². The first-order valence-corrected chi connectivity index (χ1v) is 7.71. The van der Waals surface area contributed by atoms with Crippen LogP contribution in [0.15, 0.2) is 23.5 Å². The van der Waals surface area contributed by atoms with Crippen LogP contribution in [-0.2, 0) is 0 Å². The molecular weight excluding hydrogens is 325 g/mol. The first-order chi connectivity index (χ1) is 11.4. The zero-order valence-corrected chi connectivity index (χ0v) is 13.4. The molecule has 0 aliphatic carbocycles. The van der Waals surface area contributed by atoms with Crippen LogP contribution in [-0.4, -0.2) is 77.5 Å². The molecule has 1 atom stereocenters. The molecule has 0 saturated carbocycles. The minimum atomic E-state index is -4.66. The van der Waals surface area contributed by atoms with E-state index in [4.69, 9.17) is 5.11 Å². The van der Waals surface area contributed by atoms with E-state index in [1.165, 1.54) is 0 Å². The lowest BCUT2D eigenvalue weighted by molar-refractivity contribution is -0.199. The van der Waals surface area contributed by atoms with Gasteiger partial charge in [0.25, 0.3) is 0 Å². The van der Waals surface area contributed by atoms with Gasteiger partial charge in [0.1, 0.15) is 0 Å². The molecule has 1 unspecified atom stereocenters. The van der Waals surface area contributed by atoms with Gasteiger partial charge in [-0.3, -0.25) is 4.99 Å². The summed E-state index contributed by atoms with van der Waals surface area (Å²) < 4.78 is 37.2. The van der Waals surface area contributed by atoms with Gasteiger partial charge in [0.05, 0.1) is 6.54 Å². The SMILES string of the molecule is CCNC(=NCC(O)C(F)(F)F)N1CCN(c2ncccn2)CC1. The van der Waals surface area contributed by atoms with Crippen LogP contribution in [0, 0.1) is 0 Å². The molecule has 2 rings (SSSR count). The third-order valence-corrected chi connectivity index (χ3v) is 3.54. The Labute approximate surface area is 138 Å². The second-order valence-corrected chi connectivity index (χ2v) is 5.27. The smallest absolute Gasteiger partial charge is 0.382 e. The molecule has 1 aliphatic heterocycles. The zero-order chi connectivity index (χ0) is 17.6. The fraction of sp³-hybridized carbons (Fsp3) is 0.643. The van der Waals surface area contributed by atoms with Gasteiger partial charge in [0, 0.05) is 45.1 Å². The van der Waals surface area contributed by atoms with Crippen molar-refractivity contribution in [3.05, 3.63) is 18.5 Å². The third-order valence-electron chi connectivity index (χ3n) is 3.54. The molecule has 7 nitrogen and oxygen atoms in total. The molecule has 1 saturated heterocycles. The van der Waals surface area contributed by atoms with Gasteiger partial charge in [0.2, 0.25) is 5.95 Å². The second-order valence-electron chi connectivity index (χ2n) is 5.27. The number of nitrogens with one attached hydrogen (secondary N) is 1. The van der Waals surface area contributed by atoms with E-state index in [1.807, 2.05) is 16.7 Å². The summed E-state index contributed by atoms with van der Waals surface area (Å²) in [7, 11) is 0. The molecule has 1 fully saturated rings. The Bertz CT molecular complexity index is 531. The van der Waals surface area contributed by atoms with Gasteiger partial charge in [0.15, 0.2) is 12.1 Å². The van der Waals surface area contributed by atoms with Crippen LogP contribution in [0.25, 0.3) is 0 Å². The molecule has 0 radical (unpaired) electrons. The summed E-state index contributed by atoms with van der Waals surface area (Å²) in [6, 6.07) is 1.74. The highest BCUT2D eigenvalue weighted by Crippen LogP contribution is 2.20. The first kappa shape index (κ1) is 18.2. The molecule has 1 aromatic heterocycles. The fourth-order valence-corrected chi connectivity index (χ4v) is 2.28. The van der Waals surface area contributed by atoms with Crippen molar-refractivity contribution in [1.29, 1.82) is 0 Å². The highest BCUT2D eigenvalue weighted by molar-refractivity contribution is 5.80. The highest BCUT2D eigenvalue weighted by Gasteiger charge is 2.38. The molecule has 1 aromatic rings. The average Bonchev–Trinajstić information content (AvgIpc) is 2.58. The molecule has 10 heteroatoms. The Morgan fingerprint density at radius 3 is 2.46 bits per heavy atom. The summed E-state index contributed by atoms with van der Waals surface area (Å²) in [6.45, 7) is 4.07. The summed E-state index contributed by atoms with van der Waals surface area (Å²) in [5.41, 5.74) is 0. The average molecular weight is 346 g/mol. The van der Waals surface area contributed by atoms with E-state index in [-0.39, 0.29) is 0 Å². The Morgan fingerprint density at radius 1 is 1.29 bits per heavy atom. The van der Waals surface area contributed by atoms with Crippen LogP contribution >= 0.6 is 0 Å². The van der Waals surface area contributed by atoms with Crippen molar-refractivity contribution in [1.82, 2.24) is 20.2 Å². The summed E-state index contributed by atoms with van der Waals surface area (Å²) in [6.07, 6.45) is -3.79. The van der Waals surface area contributed by atoms with Crippen molar-refractivity contribution in [3.8, 4) is 0 Å². The van der Waals surface area contributed by atoms with Crippen molar-refractivity contribution in [3.63, 3.8) is 0 Å². The van der Waals surface area contributed by atoms with Crippen molar-refractivity contribution in [2.75, 3.05) is 44.2 Å². The molecule has 2 heterocycles. The Balaban J connectivity index is 1.95. The van der Waals surface area contributed by atoms with E-state index >= 15 is 0 Å². The maximum Gasteiger partial charge on any atom is 0.416 e. The number of alkyl halides is 3. The van der Waals surface area contributed by atoms with Gasteiger partial charge >= 0.3 is 6.18 Å². The predicted octanol–water partition coefficient (Wildman–Crippen LogP) is 0.487. The third kappa shape index (κ3) is 4.95. The zero-order valence-electron chi connectivity index (χ0n) is 13.4. The number of hydrogen-bond donors (Lipinski definition) is 2. The van der Waals surface area contributed by atoms with Crippen LogP contribution in [0.3, 0.4) is 0 Å². The number of halogens is 3. The van der Waals surface area contributed by atoms with E-state index in [9.17, 15) is 13.2 Å². The van der Waals surface area contributed by atoms with E-state index < -0.39 is 18.8 Å². The standard InChI is InChI=1S/C14H21F3N6O/c1-2-18-12(21-10-11(24)14(15,16)17)22-6-8-23(9-7-22)13-19-4-3-5-20-13/h3-5,11,24H,2,6-10H2,1H3,(H,18,21). The van der Waals surface area contributed by atoms with E-state index in [0.29, 0.717) is 44.6 Å². The van der Waals surface area contributed by atoms with Crippen molar-refractivity contribution >= 4 is 11.9 Å². The number of aliphatic imine (C=N–C) groups is 1. The largest absolute Gasteiger partial charge is 0.416 e. The minimum absolute atomic E-state index is 0.370. The highest BCUT2D eigenvalue weighted by atomic mass is 19.4. The molecular formula is C14H21F3N6O. The number of piperazine rings is 1. The van der Waals surface area contributed by atoms with Gasteiger partial charge in [-0.15, -0.1) is 0 Å². The van der Waals surface area contributed by atoms with Gasteiger partial charge < -0.3 is 20.2 Å². The number of aliphatic hydroxyl groups is 1. The molecule has 0 amide bonds. The number of anilines is 1. The normalized spacial score (nSPS) is 17.8. The summed E-state index contributed by atoms with van der Waals surface area (Å²) >= 11 is 0.